The van der Waals surface area contributed by atoms with E-state index in [0.29, 0.717) is 11.7 Å². The lowest BCUT2D eigenvalue weighted by Gasteiger charge is -2.38. The van der Waals surface area contributed by atoms with Crippen LogP contribution < -0.4 is 0 Å². The molecule has 0 saturated heterocycles. The molecule has 110 valence electrons. The molecular formula is C19H28O. The highest BCUT2D eigenvalue weighted by Crippen LogP contribution is 2.41. The highest BCUT2D eigenvalue weighted by molar-refractivity contribution is 5.82. The fraction of sp³-hybridized carbons (Fsp3) is 0.632. The number of rotatable bonds is 3. The smallest absolute Gasteiger partial charge is 0.136 e. The number of aryl methyl sites for hydroxylation is 2. The van der Waals surface area contributed by atoms with E-state index in [1.807, 2.05) is 0 Å². The predicted octanol–water partition coefficient (Wildman–Crippen LogP) is 4.88. The Labute approximate surface area is 123 Å². The second kappa shape index (κ2) is 5.71. The molecule has 2 rings (SSSR count). The first-order chi connectivity index (χ1) is 9.31. The third kappa shape index (κ3) is 3.13. The van der Waals surface area contributed by atoms with Crippen molar-refractivity contribution in [3.63, 3.8) is 0 Å². The van der Waals surface area contributed by atoms with Gasteiger partial charge in [0.15, 0.2) is 0 Å². The molecule has 1 aliphatic carbocycles. The first-order valence-corrected chi connectivity index (χ1v) is 7.89. The predicted molar refractivity (Wildman–Crippen MR) is 84.9 cm³/mol. The molecule has 0 amide bonds. The molecule has 1 saturated carbocycles. The average molecular weight is 272 g/mol. The normalized spacial score (nSPS) is 23.9. The molecule has 2 atom stereocenters. The molecule has 1 aromatic carbocycles. The Morgan fingerprint density at radius 1 is 1.15 bits per heavy atom. The van der Waals surface area contributed by atoms with E-state index >= 15 is 0 Å². The Bertz CT molecular complexity index is 478. The zero-order chi connectivity index (χ0) is 14.9. The summed E-state index contributed by atoms with van der Waals surface area (Å²) in [7, 11) is 0. The fourth-order valence-electron chi connectivity index (χ4n) is 3.73. The van der Waals surface area contributed by atoms with Gasteiger partial charge in [-0.05, 0) is 61.1 Å². The van der Waals surface area contributed by atoms with Crippen LogP contribution in [0.4, 0.5) is 0 Å². The van der Waals surface area contributed by atoms with E-state index in [1.54, 1.807) is 0 Å². The molecule has 20 heavy (non-hydrogen) atoms. The number of hydrogen-bond acceptors (Lipinski definition) is 1. The molecule has 1 aliphatic rings. The molecule has 0 bridgehead atoms. The summed E-state index contributed by atoms with van der Waals surface area (Å²) in [5, 5.41) is 0. The number of Topliss-reactive ketones (excluding diaryl/α,β-unsaturated/α-hetero) is 1. The van der Waals surface area contributed by atoms with Crippen molar-refractivity contribution in [2.24, 2.45) is 17.3 Å². The largest absolute Gasteiger partial charge is 0.299 e. The van der Waals surface area contributed by atoms with Crippen molar-refractivity contribution in [1.29, 1.82) is 0 Å². The maximum Gasteiger partial charge on any atom is 0.136 e. The third-order valence-electron chi connectivity index (χ3n) is 5.11. The number of carbonyl (C=O) groups excluding carboxylic acids is 1. The Balaban J connectivity index is 2.21. The second-order valence-corrected chi connectivity index (χ2v) is 7.44. The zero-order valence-corrected chi connectivity index (χ0v) is 13.6. The number of ketones is 1. The van der Waals surface area contributed by atoms with Crippen molar-refractivity contribution in [2.45, 2.75) is 60.3 Å². The summed E-state index contributed by atoms with van der Waals surface area (Å²) in [5.74, 6) is 1.30. The summed E-state index contributed by atoms with van der Waals surface area (Å²) in [5.41, 5.74) is 4.21. The zero-order valence-electron chi connectivity index (χ0n) is 13.6. The van der Waals surface area contributed by atoms with Gasteiger partial charge in [-0.1, -0.05) is 39.0 Å². The van der Waals surface area contributed by atoms with Gasteiger partial charge in [0.2, 0.25) is 0 Å². The van der Waals surface area contributed by atoms with Gasteiger partial charge < -0.3 is 0 Å². The first-order valence-electron chi connectivity index (χ1n) is 7.89. The van der Waals surface area contributed by atoms with E-state index < -0.39 is 0 Å². The Morgan fingerprint density at radius 2 is 1.75 bits per heavy atom. The van der Waals surface area contributed by atoms with Crippen LogP contribution in [0.2, 0.25) is 0 Å². The van der Waals surface area contributed by atoms with Gasteiger partial charge in [-0.2, -0.15) is 0 Å². The van der Waals surface area contributed by atoms with E-state index in [-0.39, 0.29) is 11.3 Å². The van der Waals surface area contributed by atoms with Crippen molar-refractivity contribution < 1.29 is 4.79 Å². The van der Waals surface area contributed by atoms with E-state index in [9.17, 15) is 4.79 Å². The maximum absolute atomic E-state index is 12.4. The average Bonchev–Trinajstić information content (AvgIpc) is 2.33. The minimum absolute atomic E-state index is 0.0636. The molecule has 0 aromatic heterocycles. The molecule has 1 aromatic rings. The van der Waals surface area contributed by atoms with Crippen LogP contribution in [0.3, 0.4) is 0 Å². The Hall–Kier alpha value is -1.11. The van der Waals surface area contributed by atoms with Crippen LogP contribution in [0, 0.1) is 31.1 Å². The van der Waals surface area contributed by atoms with Gasteiger partial charge in [-0.15, -0.1) is 0 Å². The lowest BCUT2D eigenvalue weighted by Crippen LogP contribution is -2.37. The van der Waals surface area contributed by atoms with Gasteiger partial charge >= 0.3 is 0 Å². The highest BCUT2D eigenvalue weighted by atomic mass is 16.1. The van der Waals surface area contributed by atoms with Crippen LogP contribution in [0.15, 0.2) is 18.2 Å². The number of benzene rings is 1. The van der Waals surface area contributed by atoms with Gasteiger partial charge in [0.1, 0.15) is 5.78 Å². The highest BCUT2D eigenvalue weighted by Gasteiger charge is 2.38. The van der Waals surface area contributed by atoms with Crippen molar-refractivity contribution >= 4 is 5.78 Å². The van der Waals surface area contributed by atoms with Crippen LogP contribution >= 0.6 is 0 Å². The summed E-state index contributed by atoms with van der Waals surface area (Å²) in [6, 6.07) is 6.49. The second-order valence-electron chi connectivity index (χ2n) is 7.44. The first kappa shape index (κ1) is 15.3. The Kier molecular flexibility index (Phi) is 4.36. The van der Waals surface area contributed by atoms with E-state index in [0.717, 1.165) is 19.3 Å². The van der Waals surface area contributed by atoms with E-state index in [2.05, 4.69) is 52.8 Å². The SMILES string of the molecule is Cc1cccc(C)c1CC(C)(C)C1CCC(C)CC1=O. The molecule has 1 heteroatoms. The van der Waals surface area contributed by atoms with Gasteiger partial charge in [-0.25, -0.2) is 0 Å². The minimum atomic E-state index is 0.0636. The molecule has 0 heterocycles. The van der Waals surface area contributed by atoms with Crippen LogP contribution in [0.1, 0.15) is 56.7 Å². The molecular weight excluding hydrogens is 244 g/mol. The van der Waals surface area contributed by atoms with Crippen LogP contribution in [-0.4, -0.2) is 5.78 Å². The summed E-state index contributed by atoms with van der Waals surface area (Å²) < 4.78 is 0. The van der Waals surface area contributed by atoms with Crippen molar-refractivity contribution in [1.82, 2.24) is 0 Å². The van der Waals surface area contributed by atoms with Crippen molar-refractivity contribution in [3.05, 3.63) is 34.9 Å². The Morgan fingerprint density at radius 3 is 2.30 bits per heavy atom. The minimum Gasteiger partial charge on any atom is -0.299 e. The summed E-state index contributed by atoms with van der Waals surface area (Å²) in [6.07, 6.45) is 4.06. The lowest BCUT2D eigenvalue weighted by molar-refractivity contribution is -0.129. The topological polar surface area (TPSA) is 17.1 Å². The van der Waals surface area contributed by atoms with Crippen LogP contribution in [-0.2, 0) is 11.2 Å². The lowest BCUT2D eigenvalue weighted by atomic mass is 9.65. The van der Waals surface area contributed by atoms with E-state index in [1.165, 1.54) is 23.1 Å². The fourth-order valence-corrected chi connectivity index (χ4v) is 3.73. The quantitative estimate of drug-likeness (QED) is 0.766. The standard InChI is InChI=1S/C19H28O/c1-13-9-10-17(18(20)11-13)19(4,5)12-16-14(2)7-6-8-15(16)3/h6-8,13,17H,9-12H2,1-5H3. The molecule has 0 radical (unpaired) electrons. The molecule has 0 N–H and O–H groups in total. The summed E-state index contributed by atoms with van der Waals surface area (Å²) >= 11 is 0. The molecule has 2 unspecified atom stereocenters. The van der Waals surface area contributed by atoms with Crippen LogP contribution in [0.5, 0.6) is 0 Å². The maximum atomic E-state index is 12.4. The van der Waals surface area contributed by atoms with Gasteiger partial charge in [0, 0.05) is 12.3 Å². The molecule has 1 fully saturated rings. The van der Waals surface area contributed by atoms with Crippen molar-refractivity contribution in [3.8, 4) is 0 Å². The monoisotopic (exact) mass is 272 g/mol. The summed E-state index contributed by atoms with van der Waals surface area (Å²) in [4.78, 5) is 12.4. The van der Waals surface area contributed by atoms with Crippen molar-refractivity contribution in [2.75, 3.05) is 0 Å². The van der Waals surface area contributed by atoms with Gasteiger partial charge in [0.25, 0.3) is 0 Å². The number of hydrogen-bond donors (Lipinski definition) is 0. The third-order valence-corrected chi connectivity index (χ3v) is 5.11. The molecule has 0 aliphatic heterocycles. The van der Waals surface area contributed by atoms with E-state index in [4.69, 9.17) is 0 Å². The van der Waals surface area contributed by atoms with Crippen LogP contribution in [0.25, 0.3) is 0 Å². The van der Waals surface area contributed by atoms with Gasteiger partial charge in [-0.3, -0.25) is 4.79 Å². The number of carbonyl (C=O) groups is 1. The molecule has 1 nitrogen and oxygen atoms in total. The molecule has 0 spiro atoms. The summed E-state index contributed by atoms with van der Waals surface area (Å²) in [6.45, 7) is 11.1. The van der Waals surface area contributed by atoms with Gasteiger partial charge in [0.05, 0.1) is 0 Å².